The number of ether oxygens (including phenoxy) is 1. The zero-order valence-corrected chi connectivity index (χ0v) is 12.3. The van der Waals surface area contributed by atoms with Crippen LogP contribution in [-0.4, -0.2) is 40.2 Å². The molecule has 5 nitrogen and oxygen atoms in total. The van der Waals surface area contributed by atoms with E-state index in [1.54, 1.807) is 12.3 Å². The van der Waals surface area contributed by atoms with Crippen LogP contribution in [0.15, 0.2) is 24.4 Å². The van der Waals surface area contributed by atoms with Crippen LogP contribution >= 0.6 is 0 Å². The normalized spacial score (nSPS) is 11.1. The fraction of sp³-hybridized carbons (Fsp3) is 0.400. The SMILES string of the molecule is COc1ccc(CN(CCO)Cc2cnc(C)[nH]2)cc1F. The highest BCUT2D eigenvalue weighted by atomic mass is 19.1. The lowest BCUT2D eigenvalue weighted by Crippen LogP contribution is -2.26. The maximum Gasteiger partial charge on any atom is 0.165 e. The lowest BCUT2D eigenvalue weighted by Gasteiger charge is -2.20. The zero-order chi connectivity index (χ0) is 15.2. The Bertz CT molecular complexity index is 586. The highest BCUT2D eigenvalue weighted by molar-refractivity contribution is 5.29. The Balaban J connectivity index is 2.06. The van der Waals surface area contributed by atoms with E-state index in [0.717, 1.165) is 17.1 Å². The lowest BCUT2D eigenvalue weighted by molar-refractivity contribution is 0.183. The molecule has 0 aliphatic rings. The molecule has 2 N–H and O–H groups in total. The number of aliphatic hydroxyl groups is 1. The van der Waals surface area contributed by atoms with Gasteiger partial charge in [0.15, 0.2) is 11.6 Å². The second-order valence-electron chi connectivity index (χ2n) is 4.90. The van der Waals surface area contributed by atoms with Crippen LogP contribution in [-0.2, 0) is 13.1 Å². The van der Waals surface area contributed by atoms with Crippen LogP contribution in [0.4, 0.5) is 4.39 Å². The van der Waals surface area contributed by atoms with Crippen molar-refractivity contribution in [2.75, 3.05) is 20.3 Å². The second-order valence-corrected chi connectivity index (χ2v) is 4.90. The smallest absolute Gasteiger partial charge is 0.165 e. The van der Waals surface area contributed by atoms with E-state index in [1.165, 1.54) is 13.2 Å². The number of nitrogens with one attached hydrogen (secondary N) is 1. The number of hydrogen-bond acceptors (Lipinski definition) is 4. The van der Waals surface area contributed by atoms with E-state index in [4.69, 9.17) is 4.74 Å². The summed E-state index contributed by atoms with van der Waals surface area (Å²) in [5.74, 6) is 0.706. The van der Waals surface area contributed by atoms with E-state index in [9.17, 15) is 9.50 Å². The summed E-state index contributed by atoms with van der Waals surface area (Å²) in [7, 11) is 1.44. The first-order valence-corrected chi connectivity index (χ1v) is 6.78. The van der Waals surface area contributed by atoms with Crippen molar-refractivity contribution in [3.63, 3.8) is 0 Å². The van der Waals surface area contributed by atoms with Crippen LogP contribution < -0.4 is 4.74 Å². The van der Waals surface area contributed by atoms with E-state index in [-0.39, 0.29) is 18.2 Å². The molecular formula is C15H20FN3O2. The molecule has 0 bridgehead atoms. The predicted octanol–water partition coefficient (Wildman–Crippen LogP) is 1.86. The minimum absolute atomic E-state index is 0.0474. The molecule has 21 heavy (non-hydrogen) atoms. The molecule has 0 saturated heterocycles. The Kier molecular flexibility index (Phi) is 5.30. The molecule has 6 heteroatoms. The van der Waals surface area contributed by atoms with Gasteiger partial charge < -0.3 is 14.8 Å². The Labute approximate surface area is 123 Å². The number of halogens is 1. The van der Waals surface area contributed by atoms with Gasteiger partial charge in [-0.2, -0.15) is 0 Å². The third-order valence-corrected chi connectivity index (χ3v) is 3.19. The number of methoxy groups -OCH3 is 1. The van der Waals surface area contributed by atoms with Gasteiger partial charge in [0.2, 0.25) is 0 Å². The number of aromatic nitrogens is 2. The van der Waals surface area contributed by atoms with Crippen molar-refractivity contribution in [3.05, 3.63) is 47.3 Å². The Morgan fingerprint density at radius 3 is 2.76 bits per heavy atom. The van der Waals surface area contributed by atoms with Gasteiger partial charge in [0.05, 0.1) is 13.7 Å². The average molecular weight is 293 g/mol. The largest absolute Gasteiger partial charge is 0.494 e. The molecule has 0 aliphatic heterocycles. The molecule has 0 fully saturated rings. The maximum absolute atomic E-state index is 13.7. The minimum atomic E-state index is -0.378. The van der Waals surface area contributed by atoms with Crippen LogP contribution in [0.1, 0.15) is 17.1 Å². The molecule has 0 radical (unpaired) electrons. The van der Waals surface area contributed by atoms with E-state index >= 15 is 0 Å². The van der Waals surface area contributed by atoms with Gasteiger partial charge in [-0.05, 0) is 24.6 Å². The first kappa shape index (κ1) is 15.5. The van der Waals surface area contributed by atoms with Gasteiger partial charge in [-0.15, -0.1) is 0 Å². The van der Waals surface area contributed by atoms with Crippen molar-refractivity contribution < 1.29 is 14.2 Å². The number of aryl methyl sites for hydroxylation is 1. The van der Waals surface area contributed by atoms with Gasteiger partial charge >= 0.3 is 0 Å². The molecule has 1 aromatic carbocycles. The van der Waals surface area contributed by atoms with Gasteiger partial charge in [0, 0.05) is 31.5 Å². The molecule has 1 aromatic heterocycles. The molecule has 0 atom stereocenters. The van der Waals surface area contributed by atoms with Gasteiger partial charge in [-0.3, -0.25) is 4.90 Å². The van der Waals surface area contributed by atoms with E-state index in [0.29, 0.717) is 19.6 Å². The molecule has 1 heterocycles. The van der Waals surface area contributed by atoms with Gasteiger partial charge in [-0.1, -0.05) is 6.07 Å². The third kappa shape index (κ3) is 4.27. The highest BCUT2D eigenvalue weighted by Crippen LogP contribution is 2.19. The molecule has 2 rings (SSSR count). The molecule has 0 unspecified atom stereocenters. The monoisotopic (exact) mass is 293 g/mol. The summed E-state index contributed by atoms with van der Waals surface area (Å²) < 4.78 is 18.6. The van der Waals surface area contributed by atoms with Gasteiger partial charge in [0.1, 0.15) is 5.82 Å². The Morgan fingerprint density at radius 2 is 2.19 bits per heavy atom. The summed E-state index contributed by atoms with van der Waals surface area (Å²) in [6, 6.07) is 4.90. The van der Waals surface area contributed by atoms with Crippen LogP contribution in [0.3, 0.4) is 0 Å². The van der Waals surface area contributed by atoms with E-state index < -0.39 is 0 Å². The summed E-state index contributed by atoms with van der Waals surface area (Å²) in [4.78, 5) is 9.33. The molecule has 0 saturated carbocycles. The number of rotatable bonds is 7. The van der Waals surface area contributed by atoms with Crippen LogP contribution in [0.5, 0.6) is 5.75 Å². The van der Waals surface area contributed by atoms with Crippen molar-refractivity contribution >= 4 is 0 Å². The van der Waals surface area contributed by atoms with Gasteiger partial charge in [-0.25, -0.2) is 9.37 Å². The molecule has 2 aromatic rings. The average Bonchev–Trinajstić information content (AvgIpc) is 2.84. The first-order valence-electron chi connectivity index (χ1n) is 6.78. The maximum atomic E-state index is 13.7. The van der Waals surface area contributed by atoms with Crippen molar-refractivity contribution in [1.29, 1.82) is 0 Å². The van der Waals surface area contributed by atoms with Crippen molar-refractivity contribution in [2.45, 2.75) is 20.0 Å². The molecule has 0 aliphatic carbocycles. The summed E-state index contributed by atoms with van der Waals surface area (Å²) in [5, 5.41) is 9.17. The number of aromatic amines is 1. The van der Waals surface area contributed by atoms with Crippen LogP contribution in [0, 0.1) is 12.7 Å². The number of nitrogens with zero attached hydrogens (tertiary/aromatic N) is 2. The molecular weight excluding hydrogens is 273 g/mol. The molecule has 0 amide bonds. The molecule has 0 spiro atoms. The summed E-state index contributed by atoms with van der Waals surface area (Å²) >= 11 is 0. The van der Waals surface area contributed by atoms with Crippen molar-refractivity contribution in [2.24, 2.45) is 0 Å². The summed E-state index contributed by atoms with van der Waals surface area (Å²) in [6.45, 7) is 3.60. The second kappa shape index (κ2) is 7.19. The third-order valence-electron chi connectivity index (χ3n) is 3.19. The summed E-state index contributed by atoms with van der Waals surface area (Å²) in [5.41, 5.74) is 1.80. The number of imidazole rings is 1. The van der Waals surface area contributed by atoms with E-state index in [2.05, 4.69) is 9.97 Å². The van der Waals surface area contributed by atoms with Crippen LogP contribution in [0.2, 0.25) is 0 Å². The van der Waals surface area contributed by atoms with Crippen molar-refractivity contribution in [1.82, 2.24) is 14.9 Å². The fourth-order valence-corrected chi connectivity index (χ4v) is 2.21. The van der Waals surface area contributed by atoms with Crippen LogP contribution in [0.25, 0.3) is 0 Å². The highest BCUT2D eigenvalue weighted by Gasteiger charge is 2.10. The number of aliphatic hydroxyl groups excluding tert-OH is 1. The number of benzene rings is 1. The minimum Gasteiger partial charge on any atom is -0.494 e. The topological polar surface area (TPSA) is 61.4 Å². The zero-order valence-electron chi connectivity index (χ0n) is 12.3. The summed E-state index contributed by atoms with van der Waals surface area (Å²) in [6.07, 6.45) is 1.77. The lowest BCUT2D eigenvalue weighted by atomic mass is 10.2. The first-order chi connectivity index (χ1) is 10.1. The predicted molar refractivity (Wildman–Crippen MR) is 77.5 cm³/mol. The Hall–Kier alpha value is -1.92. The Morgan fingerprint density at radius 1 is 1.38 bits per heavy atom. The van der Waals surface area contributed by atoms with Crippen molar-refractivity contribution in [3.8, 4) is 5.75 Å². The molecule has 114 valence electrons. The quantitative estimate of drug-likeness (QED) is 0.818. The van der Waals surface area contributed by atoms with Gasteiger partial charge in [0.25, 0.3) is 0 Å². The fourth-order valence-electron chi connectivity index (χ4n) is 2.21. The van der Waals surface area contributed by atoms with E-state index in [1.807, 2.05) is 17.9 Å². The number of hydrogen-bond donors (Lipinski definition) is 2. The number of H-pyrrole nitrogens is 1. The standard InChI is InChI=1S/C15H20FN3O2/c1-11-17-8-13(18-11)10-19(5-6-20)9-12-3-4-15(21-2)14(16)7-12/h3-4,7-8,20H,5-6,9-10H2,1-2H3,(H,17,18).